The van der Waals surface area contributed by atoms with Gasteiger partial charge in [-0.1, -0.05) is 6.42 Å². The van der Waals surface area contributed by atoms with E-state index in [1.165, 1.54) is 0 Å². The lowest BCUT2D eigenvalue weighted by molar-refractivity contribution is -0.143. The van der Waals surface area contributed by atoms with E-state index < -0.39 is 10.8 Å². The average molecular weight is 264 g/mol. The fourth-order valence-corrected chi connectivity index (χ4v) is 2.58. The summed E-state index contributed by atoms with van der Waals surface area (Å²) in [6, 6.07) is 0. The van der Waals surface area contributed by atoms with Crippen molar-refractivity contribution < 1.29 is 18.5 Å². The van der Waals surface area contributed by atoms with Crippen molar-refractivity contribution in [1.82, 2.24) is 0 Å². The number of methoxy groups -OCH3 is 1. The normalized spacial score (nSPS) is 12.4. The van der Waals surface area contributed by atoms with Crippen molar-refractivity contribution in [1.29, 1.82) is 0 Å². The summed E-state index contributed by atoms with van der Waals surface area (Å²) in [6.07, 6.45) is 4.01. The van der Waals surface area contributed by atoms with Gasteiger partial charge in [0, 0.05) is 42.4 Å². The molecule has 102 valence electrons. The Labute approximate surface area is 107 Å². The Morgan fingerprint density at radius 2 is 1.82 bits per heavy atom. The van der Waals surface area contributed by atoms with Crippen LogP contribution in [0.3, 0.4) is 0 Å². The van der Waals surface area contributed by atoms with Crippen molar-refractivity contribution in [2.24, 2.45) is 0 Å². The SMILES string of the molecule is CCOC(=O)CCCCCS(=O)CCCOC. The topological polar surface area (TPSA) is 52.6 Å². The third-order valence-corrected chi connectivity index (χ3v) is 3.77. The number of hydrogen-bond donors (Lipinski definition) is 0. The van der Waals surface area contributed by atoms with Crippen LogP contribution in [0.15, 0.2) is 0 Å². The first-order chi connectivity index (χ1) is 8.20. The van der Waals surface area contributed by atoms with Crippen LogP contribution in [-0.2, 0) is 25.1 Å². The van der Waals surface area contributed by atoms with E-state index in [1.54, 1.807) is 14.0 Å². The van der Waals surface area contributed by atoms with Gasteiger partial charge in [-0.05, 0) is 26.2 Å². The molecule has 0 radical (unpaired) electrons. The Kier molecular flexibility index (Phi) is 11.8. The summed E-state index contributed by atoms with van der Waals surface area (Å²) in [5.41, 5.74) is 0. The molecule has 17 heavy (non-hydrogen) atoms. The number of carbonyl (C=O) groups excluding carboxylic acids is 1. The van der Waals surface area contributed by atoms with Crippen molar-refractivity contribution in [3.63, 3.8) is 0 Å². The Morgan fingerprint density at radius 3 is 2.47 bits per heavy atom. The van der Waals surface area contributed by atoms with E-state index in [2.05, 4.69) is 0 Å². The fraction of sp³-hybridized carbons (Fsp3) is 0.917. The maximum absolute atomic E-state index is 11.5. The Hall–Kier alpha value is -0.420. The standard InChI is InChI=1S/C12H24O4S/c1-3-16-12(13)8-5-4-6-10-17(14)11-7-9-15-2/h3-11H2,1-2H3. The largest absolute Gasteiger partial charge is 0.466 e. The number of hydrogen-bond acceptors (Lipinski definition) is 4. The van der Waals surface area contributed by atoms with Gasteiger partial charge in [-0.2, -0.15) is 0 Å². The molecule has 0 spiro atoms. The molecular formula is C12H24O4S. The number of carbonyl (C=O) groups is 1. The van der Waals surface area contributed by atoms with Gasteiger partial charge < -0.3 is 9.47 Å². The lowest BCUT2D eigenvalue weighted by Crippen LogP contribution is -2.06. The molecule has 0 bridgehead atoms. The highest BCUT2D eigenvalue weighted by Crippen LogP contribution is 2.03. The Balaban J connectivity index is 3.27. The van der Waals surface area contributed by atoms with E-state index in [1.807, 2.05) is 0 Å². The van der Waals surface area contributed by atoms with Gasteiger partial charge in [-0.25, -0.2) is 0 Å². The van der Waals surface area contributed by atoms with Crippen LogP contribution in [0.2, 0.25) is 0 Å². The first-order valence-electron chi connectivity index (χ1n) is 6.20. The molecular weight excluding hydrogens is 240 g/mol. The molecule has 0 aliphatic heterocycles. The van der Waals surface area contributed by atoms with Gasteiger partial charge in [0.1, 0.15) is 0 Å². The summed E-state index contributed by atoms with van der Waals surface area (Å²) >= 11 is 0. The third kappa shape index (κ3) is 11.8. The second kappa shape index (κ2) is 12.0. The van der Waals surface area contributed by atoms with Gasteiger partial charge in [0.15, 0.2) is 0 Å². The third-order valence-electron chi connectivity index (χ3n) is 2.28. The van der Waals surface area contributed by atoms with Crippen molar-refractivity contribution in [2.75, 3.05) is 31.8 Å². The summed E-state index contributed by atoms with van der Waals surface area (Å²) in [4.78, 5) is 11.0. The van der Waals surface area contributed by atoms with E-state index >= 15 is 0 Å². The van der Waals surface area contributed by atoms with Crippen LogP contribution in [-0.4, -0.2) is 42.0 Å². The minimum Gasteiger partial charge on any atom is -0.466 e. The van der Waals surface area contributed by atoms with Gasteiger partial charge >= 0.3 is 5.97 Å². The molecule has 0 heterocycles. The molecule has 0 aromatic rings. The quantitative estimate of drug-likeness (QED) is 0.422. The van der Waals surface area contributed by atoms with Crippen LogP contribution in [0.1, 0.15) is 39.0 Å². The number of esters is 1. The van der Waals surface area contributed by atoms with Crippen LogP contribution in [0.5, 0.6) is 0 Å². The number of ether oxygens (including phenoxy) is 2. The van der Waals surface area contributed by atoms with E-state index in [-0.39, 0.29) is 5.97 Å². The highest BCUT2D eigenvalue weighted by atomic mass is 32.2. The highest BCUT2D eigenvalue weighted by Gasteiger charge is 2.02. The van der Waals surface area contributed by atoms with Crippen molar-refractivity contribution in [2.45, 2.75) is 39.0 Å². The van der Waals surface area contributed by atoms with Crippen LogP contribution < -0.4 is 0 Å². The zero-order chi connectivity index (χ0) is 12.9. The number of rotatable bonds is 11. The minimum atomic E-state index is -0.735. The zero-order valence-corrected chi connectivity index (χ0v) is 11.7. The molecule has 1 atom stereocenters. The average Bonchev–Trinajstić information content (AvgIpc) is 2.29. The molecule has 0 saturated carbocycles. The van der Waals surface area contributed by atoms with Crippen molar-refractivity contribution in [3.05, 3.63) is 0 Å². The van der Waals surface area contributed by atoms with E-state index in [0.717, 1.165) is 31.4 Å². The molecule has 0 amide bonds. The lowest BCUT2D eigenvalue weighted by atomic mass is 10.2. The molecule has 0 fully saturated rings. The zero-order valence-electron chi connectivity index (χ0n) is 10.9. The molecule has 0 N–H and O–H groups in total. The molecule has 0 aromatic heterocycles. The molecule has 0 aliphatic carbocycles. The molecule has 0 saturated heterocycles. The smallest absolute Gasteiger partial charge is 0.305 e. The molecule has 0 aliphatic rings. The van der Waals surface area contributed by atoms with E-state index in [9.17, 15) is 9.00 Å². The van der Waals surface area contributed by atoms with Gasteiger partial charge in [0.25, 0.3) is 0 Å². The van der Waals surface area contributed by atoms with Gasteiger partial charge in [-0.15, -0.1) is 0 Å². The second-order valence-corrected chi connectivity index (χ2v) is 5.51. The summed E-state index contributed by atoms with van der Waals surface area (Å²) < 4.78 is 21.2. The second-order valence-electron chi connectivity index (χ2n) is 3.81. The summed E-state index contributed by atoms with van der Waals surface area (Å²) in [6.45, 7) is 2.93. The summed E-state index contributed by atoms with van der Waals surface area (Å²) in [7, 11) is 0.916. The molecule has 5 heteroatoms. The summed E-state index contributed by atoms with van der Waals surface area (Å²) in [5, 5.41) is 0. The molecule has 4 nitrogen and oxygen atoms in total. The lowest BCUT2D eigenvalue weighted by Gasteiger charge is -2.03. The summed E-state index contributed by atoms with van der Waals surface area (Å²) in [5.74, 6) is 1.31. The van der Waals surface area contributed by atoms with Crippen LogP contribution in [0.4, 0.5) is 0 Å². The first kappa shape index (κ1) is 16.6. The van der Waals surface area contributed by atoms with Crippen LogP contribution >= 0.6 is 0 Å². The van der Waals surface area contributed by atoms with Crippen molar-refractivity contribution in [3.8, 4) is 0 Å². The number of unbranched alkanes of at least 4 members (excludes halogenated alkanes) is 2. The molecule has 1 unspecified atom stereocenters. The monoisotopic (exact) mass is 264 g/mol. The highest BCUT2D eigenvalue weighted by molar-refractivity contribution is 7.84. The predicted molar refractivity (Wildman–Crippen MR) is 69.5 cm³/mol. The van der Waals surface area contributed by atoms with Gasteiger partial charge in [0.2, 0.25) is 0 Å². The van der Waals surface area contributed by atoms with Crippen molar-refractivity contribution >= 4 is 16.8 Å². The molecule has 0 rings (SSSR count). The molecule has 0 aromatic carbocycles. The first-order valence-corrected chi connectivity index (χ1v) is 7.69. The maximum atomic E-state index is 11.5. The minimum absolute atomic E-state index is 0.131. The fourth-order valence-electron chi connectivity index (χ4n) is 1.41. The van der Waals surface area contributed by atoms with Gasteiger partial charge in [0.05, 0.1) is 6.61 Å². The predicted octanol–water partition coefficient (Wildman–Crippen LogP) is 1.90. The van der Waals surface area contributed by atoms with Crippen LogP contribution in [0, 0.1) is 0 Å². The Bertz CT molecular complexity index is 219. The maximum Gasteiger partial charge on any atom is 0.305 e. The Morgan fingerprint density at radius 1 is 1.12 bits per heavy atom. The van der Waals surface area contributed by atoms with E-state index in [0.29, 0.717) is 25.4 Å². The van der Waals surface area contributed by atoms with Gasteiger partial charge in [-0.3, -0.25) is 9.00 Å². The van der Waals surface area contributed by atoms with Crippen LogP contribution in [0.25, 0.3) is 0 Å². The van der Waals surface area contributed by atoms with E-state index in [4.69, 9.17) is 9.47 Å².